The molecule has 0 saturated carbocycles. The summed E-state index contributed by atoms with van der Waals surface area (Å²) in [5.41, 5.74) is 1.36. The van der Waals surface area contributed by atoms with Crippen LogP contribution in [0.2, 0.25) is 0 Å². The predicted molar refractivity (Wildman–Crippen MR) is 108 cm³/mol. The topological polar surface area (TPSA) is 58.6 Å². The minimum absolute atomic E-state index is 0.329. The fourth-order valence-corrected chi connectivity index (χ4v) is 4.15. The molecular formula is C23H23FN2O3. The van der Waals surface area contributed by atoms with Crippen molar-refractivity contribution in [3.05, 3.63) is 77.1 Å². The second-order valence-electron chi connectivity index (χ2n) is 7.61. The van der Waals surface area contributed by atoms with Crippen LogP contribution in [0.3, 0.4) is 0 Å². The largest absolute Gasteiger partial charge is 0.450 e. The van der Waals surface area contributed by atoms with Gasteiger partial charge in [-0.1, -0.05) is 36.4 Å². The number of halogens is 1. The molecule has 1 saturated heterocycles. The number of nitrogens with zero attached hydrogens (tertiary/aromatic N) is 1. The Morgan fingerprint density at radius 3 is 2.55 bits per heavy atom. The Labute approximate surface area is 169 Å². The van der Waals surface area contributed by atoms with Gasteiger partial charge in [0.1, 0.15) is 11.4 Å². The molecule has 1 amide bonds. The van der Waals surface area contributed by atoms with Gasteiger partial charge in [0.15, 0.2) is 0 Å². The smallest absolute Gasteiger partial charge is 0.335 e. The first-order chi connectivity index (χ1) is 14.0. The van der Waals surface area contributed by atoms with Crippen LogP contribution in [0.5, 0.6) is 0 Å². The number of hydrogen-bond acceptors (Lipinski definition) is 4. The highest BCUT2D eigenvalue weighted by Crippen LogP contribution is 2.41. The van der Waals surface area contributed by atoms with Crippen LogP contribution in [0.1, 0.15) is 25.3 Å². The molecule has 1 fully saturated rings. The molecule has 4 rings (SSSR count). The lowest BCUT2D eigenvalue weighted by Gasteiger charge is -2.39. The third-order valence-corrected chi connectivity index (χ3v) is 5.65. The first kappa shape index (κ1) is 19.3. The van der Waals surface area contributed by atoms with Crippen LogP contribution in [0, 0.1) is 5.82 Å². The number of amides is 1. The maximum Gasteiger partial charge on any atom is 0.335 e. The van der Waals surface area contributed by atoms with Crippen molar-refractivity contribution in [1.29, 1.82) is 0 Å². The van der Waals surface area contributed by atoms with Crippen molar-refractivity contribution in [1.82, 2.24) is 4.90 Å². The molecule has 2 aliphatic rings. The summed E-state index contributed by atoms with van der Waals surface area (Å²) in [6, 6.07) is 15.9. The van der Waals surface area contributed by atoms with Gasteiger partial charge in [-0.2, -0.15) is 0 Å². The van der Waals surface area contributed by atoms with Gasteiger partial charge in [0.2, 0.25) is 0 Å². The highest BCUT2D eigenvalue weighted by Gasteiger charge is 2.50. The number of ether oxygens (including phenoxy) is 1. The van der Waals surface area contributed by atoms with E-state index in [0.29, 0.717) is 42.8 Å². The van der Waals surface area contributed by atoms with E-state index < -0.39 is 23.3 Å². The van der Waals surface area contributed by atoms with Crippen LogP contribution in [0.25, 0.3) is 0 Å². The lowest BCUT2D eigenvalue weighted by atomic mass is 9.82. The van der Waals surface area contributed by atoms with Gasteiger partial charge < -0.3 is 10.1 Å². The van der Waals surface area contributed by atoms with Gasteiger partial charge in [0, 0.05) is 43.7 Å². The minimum Gasteiger partial charge on any atom is -0.450 e. The van der Waals surface area contributed by atoms with Crippen LogP contribution in [-0.2, 0) is 20.9 Å². The van der Waals surface area contributed by atoms with E-state index in [2.05, 4.69) is 22.3 Å². The summed E-state index contributed by atoms with van der Waals surface area (Å²) >= 11 is 0. The van der Waals surface area contributed by atoms with Crippen molar-refractivity contribution in [2.24, 2.45) is 0 Å². The molecule has 2 heterocycles. The fraction of sp³-hybridized carbons (Fsp3) is 0.304. The van der Waals surface area contributed by atoms with E-state index in [0.717, 1.165) is 6.54 Å². The first-order valence-electron chi connectivity index (χ1n) is 9.75. The second kappa shape index (κ2) is 7.79. The normalized spacial score (nSPS) is 18.8. The Morgan fingerprint density at radius 2 is 1.86 bits per heavy atom. The lowest BCUT2D eigenvalue weighted by molar-refractivity contribution is -0.150. The molecule has 2 aliphatic heterocycles. The molecule has 0 aliphatic carbocycles. The zero-order chi connectivity index (χ0) is 20.4. The van der Waals surface area contributed by atoms with E-state index in [1.54, 1.807) is 13.0 Å². The zero-order valence-corrected chi connectivity index (χ0v) is 16.3. The Bertz CT molecular complexity index is 963. The molecule has 29 heavy (non-hydrogen) atoms. The van der Waals surface area contributed by atoms with Gasteiger partial charge in [-0.25, -0.2) is 9.18 Å². The summed E-state index contributed by atoms with van der Waals surface area (Å²) in [5, 5.41) is 2.72. The van der Waals surface area contributed by atoms with Gasteiger partial charge >= 0.3 is 5.97 Å². The number of hydrogen-bond donors (Lipinski definition) is 1. The third kappa shape index (κ3) is 3.93. The number of likely N-dealkylation sites (tertiary alicyclic amines) is 1. The summed E-state index contributed by atoms with van der Waals surface area (Å²) in [4.78, 5) is 27.6. The average Bonchev–Trinajstić information content (AvgIpc) is 2.94. The molecule has 150 valence electrons. The van der Waals surface area contributed by atoms with Crippen molar-refractivity contribution < 1.29 is 18.7 Å². The molecular weight excluding hydrogens is 371 g/mol. The number of carbonyl (C=O) groups excluding carboxylic acids is 2. The highest BCUT2D eigenvalue weighted by molar-refractivity contribution is 6.12. The molecule has 2 aromatic carbocycles. The van der Waals surface area contributed by atoms with Crippen LogP contribution in [0.15, 0.2) is 65.7 Å². The van der Waals surface area contributed by atoms with Crippen molar-refractivity contribution in [3.8, 4) is 0 Å². The number of piperidine rings is 1. The van der Waals surface area contributed by atoms with E-state index in [1.807, 2.05) is 18.2 Å². The molecule has 0 radical (unpaired) electrons. The number of rotatable bonds is 4. The summed E-state index contributed by atoms with van der Waals surface area (Å²) in [6.45, 7) is 3.87. The number of nitrogens with one attached hydrogen (secondary N) is 1. The second-order valence-corrected chi connectivity index (χ2v) is 7.61. The predicted octanol–water partition coefficient (Wildman–Crippen LogP) is 3.67. The SMILES string of the molecule is CC1=C(C(=O)Nc2cccc(F)c2)C2(CCN(Cc3ccccc3)CC2)OC1=O. The van der Waals surface area contributed by atoms with E-state index >= 15 is 0 Å². The van der Waals surface area contributed by atoms with Crippen LogP contribution in [0.4, 0.5) is 10.1 Å². The molecule has 5 nitrogen and oxygen atoms in total. The Morgan fingerprint density at radius 1 is 1.14 bits per heavy atom. The van der Waals surface area contributed by atoms with Crippen molar-refractivity contribution in [3.63, 3.8) is 0 Å². The highest BCUT2D eigenvalue weighted by atomic mass is 19.1. The quantitative estimate of drug-likeness (QED) is 0.804. The van der Waals surface area contributed by atoms with E-state index in [4.69, 9.17) is 4.74 Å². The van der Waals surface area contributed by atoms with Crippen LogP contribution in [-0.4, -0.2) is 35.5 Å². The van der Waals surface area contributed by atoms with Crippen molar-refractivity contribution >= 4 is 17.6 Å². The van der Waals surface area contributed by atoms with Crippen molar-refractivity contribution in [2.45, 2.75) is 31.9 Å². The van der Waals surface area contributed by atoms with Gasteiger partial charge in [0.05, 0.1) is 5.57 Å². The molecule has 1 spiro atoms. The summed E-state index contributed by atoms with van der Waals surface area (Å²) in [5.74, 6) is -1.29. The number of benzene rings is 2. The maximum absolute atomic E-state index is 13.5. The number of carbonyl (C=O) groups is 2. The summed E-state index contributed by atoms with van der Waals surface area (Å²) in [6.07, 6.45) is 1.10. The molecule has 2 aromatic rings. The van der Waals surface area contributed by atoms with Gasteiger partial charge in [-0.3, -0.25) is 9.69 Å². The van der Waals surface area contributed by atoms with Crippen LogP contribution >= 0.6 is 0 Å². The summed E-state index contributed by atoms with van der Waals surface area (Å²) in [7, 11) is 0. The van der Waals surface area contributed by atoms with Gasteiger partial charge in [0.25, 0.3) is 5.91 Å². The molecule has 0 bridgehead atoms. The van der Waals surface area contributed by atoms with Gasteiger partial charge in [-0.15, -0.1) is 0 Å². The molecule has 0 unspecified atom stereocenters. The lowest BCUT2D eigenvalue weighted by Crippen LogP contribution is -2.47. The third-order valence-electron chi connectivity index (χ3n) is 5.65. The van der Waals surface area contributed by atoms with E-state index in [9.17, 15) is 14.0 Å². The number of anilines is 1. The monoisotopic (exact) mass is 394 g/mol. The Balaban J connectivity index is 1.49. The fourth-order valence-electron chi connectivity index (χ4n) is 4.15. The van der Waals surface area contributed by atoms with Crippen molar-refractivity contribution in [2.75, 3.05) is 18.4 Å². The van der Waals surface area contributed by atoms with E-state index in [1.165, 1.54) is 23.8 Å². The Kier molecular flexibility index (Phi) is 5.20. The minimum atomic E-state index is -0.911. The zero-order valence-electron chi connectivity index (χ0n) is 16.3. The summed E-state index contributed by atoms with van der Waals surface area (Å²) < 4.78 is 19.2. The maximum atomic E-state index is 13.5. The standard InChI is InChI=1S/C23H23FN2O3/c1-16-20(21(27)25-19-9-5-8-18(24)14-19)23(29-22(16)28)10-12-26(13-11-23)15-17-6-3-2-4-7-17/h2-9,14H,10-13,15H2,1H3,(H,25,27). The molecule has 6 heteroatoms. The van der Waals surface area contributed by atoms with Gasteiger partial charge in [-0.05, 0) is 30.7 Å². The average molecular weight is 394 g/mol. The first-order valence-corrected chi connectivity index (χ1v) is 9.75. The number of esters is 1. The Hall–Kier alpha value is -2.99. The van der Waals surface area contributed by atoms with Crippen LogP contribution < -0.4 is 5.32 Å². The molecule has 1 N–H and O–H groups in total. The van der Waals surface area contributed by atoms with E-state index in [-0.39, 0.29) is 0 Å². The molecule has 0 aromatic heterocycles. The molecule has 0 atom stereocenters.